The van der Waals surface area contributed by atoms with Crippen molar-refractivity contribution in [2.75, 3.05) is 26.2 Å². The van der Waals surface area contributed by atoms with E-state index in [1.807, 2.05) is 34.2 Å². The van der Waals surface area contributed by atoms with Crippen LogP contribution in [0.4, 0.5) is 0 Å². The molecule has 0 spiro atoms. The molecule has 0 aromatic carbocycles. The molecule has 0 radical (unpaired) electrons. The monoisotopic (exact) mass is 348 g/mol. The molecule has 0 aliphatic carbocycles. The average molecular weight is 348 g/mol. The van der Waals surface area contributed by atoms with E-state index in [4.69, 9.17) is 0 Å². The van der Waals surface area contributed by atoms with Crippen molar-refractivity contribution in [2.45, 2.75) is 19.8 Å². The van der Waals surface area contributed by atoms with Gasteiger partial charge in [-0.15, -0.1) is 11.3 Å². The van der Waals surface area contributed by atoms with Crippen LogP contribution in [0.25, 0.3) is 0 Å². The fourth-order valence-electron chi connectivity index (χ4n) is 2.71. The average Bonchev–Trinajstić information content (AvgIpc) is 3.23. The van der Waals surface area contributed by atoms with E-state index < -0.39 is 0 Å². The Morgan fingerprint density at radius 1 is 1.09 bits per heavy atom. The third kappa shape index (κ3) is 4.00. The van der Waals surface area contributed by atoms with Crippen molar-refractivity contribution < 1.29 is 9.59 Å². The van der Waals surface area contributed by atoms with Gasteiger partial charge in [-0.25, -0.2) is 0 Å². The molecule has 23 heavy (non-hydrogen) atoms. The van der Waals surface area contributed by atoms with Crippen molar-refractivity contribution in [1.29, 1.82) is 0 Å². The smallest absolute Gasteiger partial charge is 0.264 e. The Kier molecular flexibility index (Phi) is 5.13. The second kappa shape index (κ2) is 7.27. The van der Waals surface area contributed by atoms with Crippen LogP contribution in [0.1, 0.15) is 26.5 Å². The molecule has 2 amide bonds. The molecule has 122 valence electrons. The minimum Gasteiger partial charge on any atom is -0.339 e. The van der Waals surface area contributed by atoms with Gasteiger partial charge in [0.2, 0.25) is 5.91 Å². The first-order chi connectivity index (χ1) is 11.1. The highest BCUT2D eigenvalue weighted by Gasteiger charge is 2.25. The molecular weight excluding hydrogens is 328 g/mol. The maximum Gasteiger partial charge on any atom is 0.264 e. The summed E-state index contributed by atoms with van der Waals surface area (Å²) >= 11 is 3.19. The molecule has 0 unspecified atom stereocenters. The number of carbonyl (C=O) groups is 2. The normalized spacial score (nSPS) is 15.0. The summed E-state index contributed by atoms with van der Waals surface area (Å²) in [5, 5.41) is 4.13. The summed E-state index contributed by atoms with van der Waals surface area (Å²) in [5.41, 5.74) is 1.23. The lowest BCUT2D eigenvalue weighted by Gasteiger charge is -2.34. The first-order valence-corrected chi connectivity index (χ1v) is 9.54. The van der Waals surface area contributed by atoms with Gasteiger partial charge >= 0.3 is 0 Å². The maximum atomic E-state index is 12.4. The lowest BCUT2D eigenvalue weighted by molar-refractivity contribution is -0.132. The number of carbonyl (C=O) groups excluding carboxylic acids is 2. The highest BCUT2D eigenvalue weighted by Crippen LogP contribution is 2.18. The van der Waals surface area contributed by atoms with Crippen molar-refractivity contribution in [3.05, 3.63) is 44.3 Å². The molecule has 1 saturated heterocycles. The van der Waals surface area contributed by atoms with E-state index in [-0.39, 0.29) is 11.8 Å². The van der Waals surface area contributed by atoms with Crippen molar-refractivity contribution in [3.63, 3.8) is 0 Å². The molecule has 2 aromatic rings. The maximum absolute atomic E-state index is 12.4. The van der Waals surface area contributed by atoms with Crippen molar-refractivity contribution in [1.82, 2.24) is 9.80 Å². The van der Waals surface area contributed by atoms with E-state index in [2.05, 4.69) is 11.4 Å². The number of rotatable bonds is 4. The lowest BCUT2D eigenvalue weighted by Crippen LogP contribution is -2.50. The van der Waals surface area contributed by atoms with Crippen LogP contribution >= 0.6 is 22.7 Å². The molecule has 0 atom stereocenters. The second-order valence-electron chi connectivity index (χ2n) is 5.71. The summed E-state index contributed by atoms with van der Waals surface area (Å²) in [7, 11) is 0. The first-order valence-electron chi connectivity index (χ1n) is 7.78. The molecule has 1 aliphatic heterocycles. The summed E-state index contributed by atoms with van der Waals surface area (Å²) in [4.78, 5) is 30.4. The molecule has 2 aromatic heterocycles. The summed E-state index contributed by atoms with van der Waals surface area (Å²) in [5.74, 6) is 0.281. The van der Waals surface area contributed by atoms with Gasteiger partial charge in [0.05, 0.1) is 4.88 Å². The molecule has 0 N–H and O–H groups in total. The third-order valence-corrected chi connectivity index (χ3v) is 5.80. The van der Waals surface area contributed by atoms with Crippen LogP contribution < -0.4 is 0 Å². The van der Waals surface area contributed by atoms with Crippen LogP contribution in [0, 0.1) is 6.92 Å². The van der Waals surface area contributed by atoms with Crippen LogP contribution in [0.5, 0.6) is 0 Å². The van der Waals surface area contributed by atoms with Crippen LogP contribution in [0.3, 0.4) is 0 Å². The number of hydrogen-bond donors (Lipinski definition) is 0. The Morgan fingerprint density at radius 3 is 2.43 bits per heavy atom. The number of thiophene rings is 2. The predicted octanol–water partition coefficient (Wildman–Crippen LogP) is 3.04. The number of hydrogen-bond acceptors (Lipinski definition) is 4. The summed E-state index contributed by atoms with van der Waals surface area (Å²) in [6.45, 7) is 4.53. The quantitative estimate of drug-likeness (QED) is 0.852. The van der Waals surface area contributed by atoms with E-state index >= 15 is 0 Å². The van der Waals surface area contributed by atoms with Gasteiger partial charge in [-0.3, -0.25) is 9.59 Å². The van der Waals surface area contributed by atoms with Gasteiger partial charge in [0.15, 0.2) is 0 Å². The second-order valence-corrected chi connectivity index (χ2v) is 7.78. The Labute approximate surface area is 144 Å². The number of nitrogens with zero attached hydrogens (tertiary/aromatic N) is 2. The molecule has 1 aliphatic rings. The summed E-state index contributed by atoms with van der Waals surface area (Å²) < 4.78 is 0. The van der Waals surface area contributed by atoms with Gasteiger partial charge in [0.25, 0.3) is 5.91 Å². The summed E-state index contributed by atoms with van der Waals surface area (Å²) in [6, 6.07) is 5.93. The van der Waals surface area contributed by atoms with Gasteiger partial charge < -0.3 is 9.80 Å². The Bertz CT molecular complexity index is 671. The van der Waals surface area contributed by atoms with E-state index in [0.717, 1.165) is 16.2 Å². The van der Waals surface area contributed by atoms with Crippen molar-refractivity contribution in [3.8, 4) is 0 Å². The molecule has 6 heteroatoms. The Balaban J connectivity index is 1.48. The largest absolute Gasteiger partial charge is 0.339 e. The van der Waals surface area contributed by atoms with E-state index in [9.17, 15) is 9.59 Å². The predicted molar refractivity (Wildman–Crippen MR) is 94.2 cm³/mol. The molecule has 0 saturated carbocycles. The molecule has 4 nitrogen and oxygen atoms in total. The zero-order chi connectivity index (χ0) is 16.2. The molecule has 1 fully saturated rings. The van der Waals surface area contributed by atoms with Crippen LogP contribution in [0.15, 0.2) is 29.0 Å². The Hall–Kier alpha value is -1.66. The fourth-order valence-corrected chi connectivity index (χ4v) is 4.25. The molecule has 0 bridgehead atoms. The zero-order valence-electron chi connectivity index (χ0n) is 13.2. The van der Waals surface area contributed by atoms with Crippen molar-refractivity contribution in [2.24, 2.45) is 0 Å². The summed E-state index contributed by atoms with van der Waals surface area (Å²) in [6.07, 6.45) is 1.35. The van der Waals surface area contributed by atoms with Gasteiger partial charge in [-0.1, -0.05) is 0 Å². The number of amides is 2. The third-order valence-electron chi connectivity index (χ3n) is 4.08. The van der Waals surface area contributed by atoms with Gasteiger partial charge in [0, 0.05) is 37.5 Å². The number of piperazine rings is 1. The van der Waals surface area contributed by atoms with E-state index in [1.54, 1.807) is 11.3 Å². The van der Waals surface area contributed by atoms with E-state index in [1.165, 1.54) is 16.9 Å². The minimum atomic E-state index is 0.0912. The highest BCUT2D eigenvalue weighted by molar-refractivity contribution is 7.13. The van der Waals surface area contributed by atoms with Crippen molar-refractivity contribution >= 4 is 34.5 Å². The zero-order valence-corrected chi connectivity index (χ0v) is 14.8. The molecule has 3 rings (SSSR count). The van der Waals surface area contributed by atoms with Gasteiger partial charge in [-0.2, -0.15) is 11.3 Å². The fraction of sp³-hybridized carbons (Fsp3) is 0.412. The number of aryl methyl sites for hydroxylation is 2. The van der Waals surface area contributed by atoms with Crippen LogP contribution in [0.2, 0.25) is 0 Å². The topological polar surface area (TPSA) is 40.6 Å². The van der Waals surface area contributed by atoms with Gasteiger partial charge in [0.1, 0.15) is 0 Å². The SMILES string of the molecule is Cc1ccc(C(=O)N2CCN(C(=O)CCc3ccsc3)CC2)s1. The molecular formula is C17H20N2O2S2. The Morgan fingerprint density at radius 2 is 1.83 bits per heavy atom. The van der Waals surface area contributed by atoms with Crippen LogP contribution in [-0.4, -0.2) is 47.8 Å². The van der Waals surface area contributed by atoms with Crippen LogP contribution in [-0.2, 0) is 11.2 Å². The molecule has 3 heterocycles. The first kappa shape index (κ1) is 16.2. The standard InChI is InChI=1S/C17H20N2O2S2/c1-13-2-4-15(23-13)17(21)19-9-7-18(8-10-19)16(20)5-3-14-6-11-22-12-14/h2,4,6,11-12H,3,5,7-10H2,1H3. The highest BCUT2D eigenvalue weighted by atomic mass is 32.1. The lowest BCUT2D eigenvalue weighted by atomic mass is 10.1. The van der Waals surface area contributed by atoms with E-state index in [0.29, 0.717) is 32.6 Å². The van der Waals surface area contributed by atoms with Gasteiger partial charge in [-0.05, 0) is 47.9 Å². The minimum absolute atomic E-state index is 0.0912.